The van der Waals surface area contributed by atoms with Crippen LogP contribution >= 0.6 is 0 Å². The summed E-state index contributed by atoms with van der Waals surface area (Å²) in [6.45, 7) is 3.57. The summed E-state index contributed by atoms with van der Waals surface area (Å²) in [4.78, 5) is 9.61. The van der Waals surface area contributed by atoms with Gasteiger partial charge in [-0.15, -0.1) is 0 Å². The van der Waals surface area contributed by atoms with E-state index in [0.29, 0.717) is 0 Å². The first kappa shape index (κ1) is 12.2. The van der Waals surface area contributed by atoms with E-state index < -0.39 is 0 Å². The van der Waals surface area contributed by atoms with Crippen LogP contribution in [0.15, 0.2) is 12.3 Å². The smallest absolute Gasteiger partial charge is 0.422 e. The van der Waals surface area contributed by atoms with Crippen LogP contribution in [0.4, 0.5) is 0 Å². The van der Waals surface area contributed by atoms with E-state index in [1.54, 1.807) is 0 Å². The molecule has 2 nitrogen and oxygen atoms in total. The molecule has 0 rings (SSSR count). The van der Waals surface area contributed by atoms with Crippen LogP contribution in [0.5, 0.6) is 0 Å². The highest BCUT2D eigenvalue weighted by Gasteiger charge is 1.87. The molecule has 0 amide bonds. The summed E-state index contributed by atoms with van der Waals surface area (Å²) in [5.41, 5.74) is 0. The van der Waals surface area contributed by atoms with Crippen LogP contribution in [0.3, 0.4) is 0 Å². The summed E-state index contributed by atoms with van der Waals surface area (Å²) < 4.78 is 4.29. The van der Waals surface area contributed by atoms with Crippen molar-refractivity contribution < 1.29 is 9.53 Å². The Hall–Kier alpha value is -0.790. The van der Waals surface area contributed by atoms with E-state index in [4.69, 9.17) is 0 Å². The molecule has 0 unspecified atom stereocenters. The topological polar surface area (TPSA) is 26.3 Å². The molecule has 0 aromatic carbocycles. The zero-order chi connectivity index (χ0) is 9.78. The lowest BCUT2D eigenvalue weighted by Crippen LogP contribution is -1.78. The molecule has 0 aromatic heterocycles. The first-order chi connectivity index (χ1) is 6.41. The summed E-state index contributed by atoms with van der Waals surface area (Å²) in [5, 5.41) is 0. The third-order valence-electron chi connectivity index (χ3n) is 1.94. The fourth-order valence-electron chi connectivity index (χ4n) is 1.19. The van der Waals surface area contributed by atoms with Crippen molar-refractivity contribution in [1.29, 1.82) is 0 Å². The van der Waals surface area contributed by atoms with Gasteiger partial charge in [0.15, 0.2) is 0 Å². The van der Waals surface area contributed by atoms with Crippen LogP contribution < -0.4 is 0 Å². The molecule has 0 atom stereocenters. The lowest BCUT2D eigenvalue weighted by atomic mass is 10.1. The van der Waals surface area contributed by atoms with E-state index in [1.165, 1.54) is 51.3 Å². The van der Waals surface area contributed by atoms with Crippen LogP contribution in [0, 0.1) is 0 Å². The Morgan fingerprint density at radius 1 is 1.15 bits per heavy atom. The van der Waals surface area contributed by atoms with Gasteiger partial charge in [-0.2, -0.15) is 0 Å². The van der Waals surface area contributed by atoms with Gasteiger partial charge in [-0.3, -0.25) is 0 Å². The summed E-state index contributed by atoms with van der Waals surface area (Å²) in [5.74, 6) is 0. The molecule has 0 aliphatic heterocycles. The maximum Gasteiger partial charge on any atom is 0.422 e. The minimum absolute atomic E-state index is 0.994. The number of unbranched alkanes of at least 4 members (excludes halogenated alkanes) is 6. The monoisotopic (exact) mass is 183 g/mol. The lowest BCUT2D eigenvalue weighted by molar-refractivity contribution is 0.396. The molecule has 2 heteroatoms. The molecule has 0 heterocycles. The number of ether oxygens (including phenoxy) is 1. The van der Waals surface area contributed by atoms with Gasteiger partial charge in [0.05, 0.1) is 6.26 Å². The molecule has 0 spiro atoms. The summed E-state index contributed by atoms with van der Waals surface area (Å²) in [6, 6.07) is 0. The third kappa shape index (κ3) is 11.2. The predicted molar refractivity (Wildman–Crippen MR) is 53.9 cm³/mol. The van der Waals surface area contributed by atoms with Crippen molar-refractivity contribution in [2.45, 2.75) is 51.9 Å². The average molecular weight is 183 g/mol. The number of rotatable bonds is 9. The standard InChI is InChI=1S/C11H19O2/c1-2-3-4-5-6-7-8-9-10-13-11-12/h9-10H,2-8H2,1H3/b10-9+. The molecule has 0 saturated heterocycles. The van der Waals surface area contributed by atoms with E-state index in [9.17, 15) is 4.79 Å². The Morgan fingerprint density at radius 2 is 1.85 bits per heavy atom. The molecule has 0 aliphatic carbocycles. The number of hydrogen-bond donors (Lipinski definition) is 0. The molecule has 13 heavy (non-hydrogen) atoms. The van der Waals surface area contributed by atoms with E-state index in [2.05, 4.69) is 11.7 Å². The minimum Gasteiger partial charge on any atom is -0.426 e. The fourth-order valence-corrected chi connectivity index (χ4v) is 1.19. The van der Waals surface area contributed by atoms with Gasteiger partial charge in [-0.25, -0.2) is 4.79 Å². The van der Waals surface area contributed by atoms with Crippen molar-refractivity contribution in [3.8, 4) is 0 Å². The molecule has 0 aliphatic rings. The van der Waals surface area contributed by atoms with Gasteiger partial charge in [0, 0.05) is 0 Å². The van der Waals surface area contributed by atoms with Gasteiger partial charge in [0.1, 0.15) is 0 Å². The van der Waals surface area contributed by atoms with Crippen molar-refractivity contribution in [2.75, 3.05) is 0 Å². The highest BCUT2D eigenvalue weighted by Crippen LogP contribution is 2.06. The molecular formula is C11H19O2. The van der Waals surface area contributed by atoms with Crippen molar-refractivity contribution in [1.82, 2.24) is 0 Å². The highest BCUT2D eigenvalue weighted by atomic mass is 16.5. The SMILES string of the molecule is CCCCCCCC/C=C/O[C]=O. The average Bonchev–Trinajstić information content (AvgIpc) is 2.16. The molecule has 75 valence electrons. The molecule has 0 N–H and O–H groups in total. The van der Waals surface area contributed by atoms with Gasteiger partial charge in [-0.05, 0) is 18.9 Å². The number of allylic oxidation sites excluding steroid dienone is 1. The van der Waals surface area contributed by atoms with Crippen molar-refractivity contribution >= 4 is 6.47 Å². The normalized spacial score (nSPS) is 10.5. The van der Waals surface area contributed by atoms with Crippen molar-refractivity contribution in [3.63, 3.8) is 0 Å². The van der Waals surface area contributed by atoms with E-state index in [-0.39, 0.29) is 0 Å². The van der Waals surface area contributed by atoms with Crippen molar-refractivity contribution in [2.24, 2.45) is 0 Å². The second-order valence-corrected chi connectivity index (χ2v) is 3.13. The van der Waals surface area contributed by atoms with E-state index in [0.717, 1.165) is 6.42 Å². The van der Waals surface area contributed by atoms with Crippen LogP contribution in [0.2, 0.25) is 0 Å². The van der Waals surface area contributed by atoms with Gasteiger partial charge in [-0.1, -0.05) is 39.0 Å². The first-order valence-corrected chi connectivity index (χ1v) is 5.09. The zero-order valence-electron chi connectivity index (χ0n) is 8.42. The van der Waals surface area contributed by atoms with Crippen LogP contribution in [-0.2, 0) is 9.53 Å². The molecule has 0 saturated carbocycles. The summed E-state index contributed by atoms with van der Waals surface area (Å²) in [6.07, 6.45) is 12.0. The van der Waals surface area contributed by atoms with Crippen LogP contribution in [0.1, 0.15) is 51.9 Å². The maximum absolute atomic E-state index is 9.61. The quantitative estimate of drug-likeness (QED) is 0.405. The number of carbonyl (C=O) groups excluding carboxylic acids is 1. The maximum atomic E-state index is 9.61. The molecule has 1 radical (unpaired) electrons. The van der Waals surface area contributed by atoms with Gasteiger partial charge in [0.2, 0.25) is 0 Å². The summed E-state index contributed by atoms with van der Waals surface area (Å²) >= 11 is 0. The predicted octanol–water partition coefficient (Wildman–Crippen LogP) is 3.33. The Bertz CT molecular complexity index is 130. The molecule has 0 aromatic rings. The molecular weight excluding hydrogens is 164 g/mol. The van der Waals surface area contributed by atoms with Gasteiger partial charge < -0.3 is 4.74 Å². The Balaban J connectivity index is 2.94. The molecule has 0 bridgehead atoms. The highest BCUT2D eigenvalue weighted by molar-refractivity contribution is 5.39. The van der Waals surface area contributed by atoms with Gasteiger partial charge in [0.25, 0.3) is 0 Å². The zero-order valence-corrected chi connectivity index (χ0v) is 8.42. The Morgan fingerprint density at radius 3 is 2.54 bits per heavy atom. The van der Waals surface area contributed by atoms with Gasteiger partial charge >= 0.3 is 6.47 Å². The number of hydrogen-bond acceptors (Lipinski definition) is 2. The van der Waals surface area contributed by atoms with E-state index >= 15 is 0 Å². The Labute approximate surface area is 81.0 Å². The minimum atomic E-state index is 0.994. The van der Waals surface area contributed by atoms with Crippen LogP contribution in [0.25, 0.3) is 0 Å². The third-order valence-corrected chi connectivity index (χ3v) is 1.94. The Kier molecular flexibility index (Phi) is 10.5. The largest absolute Gasteiger partial charge is 0.426 e. The lowest BCUT2D eigenvalue weighted by Gasteiger charge is -1.97. The van der Waals surface area contributed by atoms with E-state index in [1.807, 2.05) is 6.08 Å². The second kappa shape index (κ2) is 11.2. The first-order valence-electron chi connectivity index (χ1n) is 5.09. The molecule has 0 fully saturated rings. The summed E-state index contributed by atoms with van der Waals surface area (Å²) in [7, 11) is 0. The van der Waals surface area contributed by atoms with Crippen molar-refractivity contribution in [3.05, 3.63) is 12.3 Å². The fraction of sp³-hybridized carbons (Fsp3) is 0.727. The second-order valence-electron chi connectivity index (χ2n) is 3.13. The van der Waals surface area contributed by atoms with Crippen LogP contribution in [-0.4, -0.2) is 6.47 Å².